The largest absolute Gasteiger partial charge is 0.487 e. The van der Waals surface area contributed by atoms with E-state index in [4.69, 9.17) is 4.74 Å². The highest BCUT2D eigenvalue weighted by Gasteiger charge is 2.18. The molecule has 0 fully saturated rings. The lowest BCUT2D eigenvalue weighted by molar-refractivity contribution is 0.303. The molecular formula is C14H21F2NO3S. The molecule has 1 rings (SSSR count). The van der Waals surface area contributed by atoms with Gasteiger partial charge in [-0.25, -0.2) is 17.2 Å². The molecule has 120 valence electrons. The summed E-state index contributed by atoms with van der Waals surface area (Å²) in [6.45, 7) is 5.75. The highest BCUT2D eigenvalue weighted by atomic mass is 32.2. The van der Waals surface area contributed by atoms with Crippen LogP contribution < -0.4 is 10.1 Å². The number of benzene rings is 1. The minimum atomic E-state index is -3.29. The van der Waals surface area contributed by atoms with Gasteiger partial charge in [-0.05, 0) is 38.1 Å². The fourth-order valence-corrected chi connectivity index (χ4v) is 2.40. The van der Waals surface area contributed by atoms with Crippen molar-refractivity contribution in [3.8, 4) is 5.75 Å². The van der Waals surface area contributed by atoms with Crippen molar-refractivity contribution in [1.82, 2.24) is 5.32 Å². The van der Waals surface area contributed by atoms with Crippen LogP contribution in [-0.4, -0.2) is 32.6 Å². The van der Waals surface area contributed by atoms with Crippen LogP contribution in [0.3, 0.4) is 0 Å². The zero-order valence-electron chi connectivity index (χ0n) is 12.4. The normalized spacial score (nSPS) is 11.9. The Morgan fingerprint density at radius 2 is 1.81 bits per heavy atom. The van der Waals surface area contributed by atoms with Gasteiger partial charge < -0.3 is 10.1 Å². The molecule has 0 aliphatic heterocycles. The van der Waals surface area contributed by atoms with E-state index in [2.05, 4.69) is 5.32 Å². The Kier molecular flexibility index (Phi) is 6.54. The summed E-state index contributed by atoms with van der Waals surface area (Å²) in [7, 11) is -3.29. The first kappa shape index (κ1) is 17.8. The monoisotopic (exact) mass is 321 g/mol. The molecule has 1 aromatic rings. The predicted molar refractivity (Wildman–Crippen MR) is 78.2 cm³/mol. The summed E-state index contributed by atoms with van der Waals surface area (Å²) in [5.74, 6) is -2.47. The van der Waals surface area contributed by atoms with Gasteiger partial charge in [0, 0.05) is 6.54 Å². The van der Waals surface area contributed by atoms with Gasteiger partial charge in [0.1, 0.15) is 6.61 Å². The van der Waals surface area contributed by atoms with Crippen LogP contribution in [0.4, 0.5) is 8.78 Å². The molecule has 0 bridgehead atoms. The summed E-state index contributed by atoms with van der Waals surface area (Å²) in [4.78, 5) is 0. The van der Waals surface area contributed by atoms with Crippen molar-refractivity contribution >= 4 is 9.84 Å². The zero-order valence-corrected chi connectivity index (χ0v) is 13.3. The van der Waals surface area contributed by atoms with Gasteiger partial charge in [0.15, 0.2) is 27.2 Å². The molecule has 0 spiro atoms. The van der Waals surface area contributed by atoms with Gasteiger partial charge in [-0.3, -0.25) is 0 Å². The van der Waals surface area contributed by atoms with E-state index >= 15 is 0 Å². The number of hydrogen-bond donors (Lipinski definition) is 1. The second-order valence-electron chi connectivity index (χ2n) is 4.93. The Labute approximate surface area is 124 Å². The van der Waals surface area contributed by atoms with E-state index in [1.807, 2.05) is 6.92 Å². The van der Waals surface area contributed by atoms with Crippen molar-refractivity contribution in [2.45, 2.75) is 32.6 Å². The summed E-state index contributed by atoms with van der Waals surface area (Å²) in [6.07, 6.45) is 0. The second kappa shape index (κ2) is 7.70. The van der Waals surface area contributed by atoms with Gasteiger partial charge in [-0.15, -0.1) is 0 Å². The highest BCUT2D eigenvalue weighted by Crippen LogP contribution is 2.23. The van der Waals surface area contributed by atoms with E-state index in [1.54, 1.807) is 13.8 Å². The number of halogens is 2. The maximum absolute atomic E-state index is 13.8. The first-order valence-electron chi connectivity index (χ1n) is 6.81. The minimum Gasteiger partial charge on any atom is -0.487 e. The molecule has 0 saturated carbocycles. The van der Waals surface area contributed by atoms with Crippen molar-refractivity contribution in [1.29, 1.82) is 0 Å². The van der Waals surface area contributed by atoms with Crippen LogP contribution in [0, 0.1) is 11.6 Å². The molecule has 0 amide bonds. The predicted octanol–water partition coefficient (Wildman–Crippen LogP) is 2.28. The fourth-order valence-electron chi connectivity index (χ4n) is 1.62. The number of hydrogen-bond acceptors (Lipinski definition) is 4. The van der Waals surface area contributed by atoms with Gasteiger partial charge in [0.05, 0.1) is 11.0 Å². The molecule has 0 atom stereocenters. The zero-order chi connectivity index (χ0) is 16.0. The Bertz CT molecular complexity index is 551. The summed E-state index contributed by atoms with van der Waals surface area (Å²) in [6, 6.07) is 2.36. The molecule has 0 radical (unpaired) electrons. The van der Waals surface area contributed by atoms with Crippen molar-refractivity contribution in [3.05, 3.63) is 29.3 Å². The molecule has 0 unspecified atom stereocenters. The Morgan fingerprint density at radius 1 is 1.24 bits per heavy atom. The maximum atomic E-state index is 13.8. The van der Waals surface area contributed by atoms with Crippen LogP contribution >= 0.6 is 0 Å². The SMILES string of the molecule is CCNCc1cc(F)c(OCCS(=O)(=O)C(C)C)c(F)c1. The van der Waals surface area contributed by atoms with Gasteiger partial charge in [0.25, 0.3) is 0 Å². The number of ether oxygens (including phenoxy) is 1. The van der Waals surface area contributed by atoms with Crippen molar-refractivity contribution in [2.24, 2.45) is 0 Å². The molecule has 0 aliphatic rings. The van der Waals surface area contributed by atoms with E-state index in [1.165, 1.54) is 12.1 Å². The Morgan fingerprint density at radius 3 is 2.29 bits per heavy atom. The van der Waals surface area contributed by atoms with E-state index in [-0.39, 0.29) is 12.4 Å². The van der Waals surface area contributed by atoms with Crippen LogP contribution in [0.25, 0.3) is 0 Å². The van der Waals surface area contributed by atoms with Crippen molar-refractivity contribution < 1.29 is 21.9 Å². The highest BCUT2D eigenvalue weighted by molar-refractivity contribution is 7.91. The topological polar surface area (TPSA) is 55.4 Å². The number of sulfone groups is 1. The van der Waals surface area contributed by atoms with Gasteiger partial charge in [-0.2, -0.15) is 0 Å². The average molecular weight is 321 g/mol. The van der Waals surface area contributed by atoms with E-state index in [9.17, 15) is 17.2 Å². The smallest absolute Gasteiger partial charge is 0.190 e. The summed E-state index contributed by atoms with van der Waals surface area (Å²) >= 11 is 0. The molecular weight excluding hydrogens is 300 g/mol. The molecule has 1 aromatic carbocycles. The summed E-state index contributed by atoms with van der Waals surface area (Å²) < 4.78 is 55.7. The number of nitrogens with one attached hydrogen (secondary N) is 1. The first-order chi connectivity index (χ1) is 9.77. The van der Waals surface area contributed by atoms with Gasteiger partial charge in [0.2, 0.25) is 0 Å². The first-order valence-corrected chi connectivity index (χ1v) is 8.52. The Balaban J connectivity index is 2.72. The lowest BCUT2D eigenvalue weighted by atomic mass is 10.2. The lowest BCUT2D eigenvalue weighted by Gasteiger charge is -2.12. The lowest BCUT2D eigenvalue weighted by Crippen LogP contribution is -2.22. The quantitative estimate of drug-likeness (QED) is 0.798. The third kappa shape index (κ3) is 5.24. The molecule has 0 heterocycles. The van der Waals surface area contributed by atoms with Crippen molar-refractivity contribution in [3.63, 3.8) is 0 Å². The third-order valence-corrected chi connectivity index (χ3v) is 5.14. The van der Waals surface area contributed by atoms with E-state index in [0.717, 1.165) is 0 Å². The average Bonchev–Trinajstić information content (AvgIpc) is 2.39. The standard InChI is InChI=1S/C14H21F2NO3S/c1-4-17-9-11-7-12(15)14(13(16)8-11)20-5-6-21(18,19)10(2)3/h7-8,10,17H,4-6,9H2,1-3H3. The van der Waals surface area contributed by atoms with Crippen LogP contribution in [0.15, 0.2) is 12.1 Å². The van der Waals surface area contributed by atoms with Gasteiger partial charge >= 0.3 is 0 Å². The molecule has 0 aromatic heterocycles. The van der Waals surface area contributed by atoms with E-state index < -0.39 is 32.5 Å². The molecule has 4 nitrogen and oxygen atoms in total. The third-order valence-electron chi connectivity index (χ3n) is 2.97. The molecule has 0 aliphatic carbocycles. The second-order valence-corrected chi connectivity index (χ2v) is 7.61. The van der Waals surface area contributed by atoms with Crippen LogP contribution in [0.2, 0.25) is 0 Å². The summed E-state index contributed by atoms with van der Waals surface area (Å²) in [5, 5.41) is 2.42. The van der Waals surface area contributed by atoms with Crippen LogP contribution in [-0.2, 0) is 16.4 Å². The minimum absolute atomic E-state index is 0.275. The molecule has 21 heavy (non-hydrogen) atoms. The van der Waals surface area contributed by atoms with E-state index in [0.29, 0.717) is 18.7 Å². The van der Waals surface area contributed by atoms with Crippen LogP contribution in [0.5, 0.6) is 5.75 Å². The summed E-state index contributed by atoms with van der Waals surface area (Å²) in [5.41, 5.74) is 0.467. The number of rotatable bonds is 8. The van der Waals surface area contributed by atoms with Gasteiger partial charge in [-0.1, -0.05) is 6.92 Å². The molecule has 1 N–H and O–H groups in total. The Hall–Kier alpha value is -1.21. The molecule has 7 heteroatoms. The van der Waals surface area contributed by atoms with Crippen molar-refractivity contribution in [2.75, 3.05) is 18.9 Å². The van der Waals surface area contributed by atoms with Crippen LogP contribution in [0.1, 0.15) is 26.3 Å². The molecule has 0 saturated heterocycles. The maximum Gasteiger partial charge on any atom is 0.190 e. The fraction of sp³-hybridized carbons (Fsp3) is 0.571.